The summed E-state index contributed by atoms with van der Waals surface area (Å²) in [6, 6.07) is 6.02. The van der Waals surface area contributed by atoms with E-state index in [4.69, 9.17) is 4.74 Å². The van der Waals surface area contributed by atoms with E-state index in [-0.39, 0.29) is 15.6 Å². The third-order valence-electron chi connectivity index (χ3n) is 2.24. The van der Waals surface area contributed by atoms with Crippen molar-refractivity contribution in [3.8, 4) is 5.75 Å². The number of rotatable bonds is 3. The standard InChI is InChI=1S/C10H10N2O4S/c1-7-10(12-16-11-7)17(13,14)9-5-3-8(15-2)4-6-9/h3-6H,1-2H3. The number of sulfone groups is 1. The Morgan fingerprint density at radius 2 is 1.82 bits per heavy atom. The Morgan fingerprint density at radius 3 is 2.29 bits per heavy atom. The lowest BCUT2D eigenvalue weighted by atomic mass is 10.3. The van der Waals surface area contributed by atoms with Crippen LogP contribution in [-0.4, -0.2) is 25.8 Å². The molecular weight excluding hydrogens is 244 g/mol. The van der Waals surface area contributed by atoms with Gasteiger partial charge in [0.15, 0.2) is 0 Å². The van der Waals surface area contributed by atoms with Gasteiger partial charge in [0.1, 0.15) is 11.4 Å². The highest BCUT2D eigenvalue weighted by atomic mass is 32.2. The first-order valence-electron chi connectivity index (χ1n) is 4.74. The molecule has 2 aromatic rings. The van der Waals surface area contributed by atoms with Crippen LogP contribution < -0.4 is 4.74 Å². The van der Waals surface area contributed by atoms with Gasteiger partial charge in [-0.3, -0.25) is 0 Å². The topological polar surface area (TPSA) is 82.3 Å². The molecule has 1 aromatic heterocycles. The van der Waals surface area contributed by atoms with Crippen molar-refractivity contribution in [3.63, 3.8) is 0 Å². The highest BCUT2D eigenvalue weighted by Gasteiger charge is 2.24. The van der Waals surface area contributed by atoms with Crippen molar-refractivity contribution in [2.24, 2.45) is 0 Å². The minimum Gasteiger partial charge on any atom is -0.497 e. The molecule has 0 aliphatic rings. The number of aromatic nitrogens is 2. The number of benzene rings is 1. The van der Waals surface area contributed by atoms with Crippen LogP contribution in [0.15, 0.2) is 38.8 Å². The molecule has 90 valence electrons. The number of aryl methyl sites for hydroxylation is 1. The van der Waals surface area contributed by atoms with E-state index < -0.39 is 9.84 Å². The lowest BCUT2D eigenvalue weighted by Crippen LogP contribution is -2.04. The summed E-state index contributed by atoms with van der Waals surface area (Å²) in [4.78, 5) is 0.122. The zero-order chi connectivity index (χ0) is 12.5. The van der Waals surface area contributed by atoms with E-state index in [2.05, 4.69) is 14.9 Å². The van der Waals surface area contributed by atoms with Crippen molar-refractivity contribution >= 4 is 9.84 Å². The van der Waals surface area contributed by atoms with Crippen LogP contribution in [0.25, 0.3) is 0 Å². The van der Waals surface area contributed by atoms with E-state index in [1.807, 2.05) is 0 Å². The fourth-order valence-electron chi connectivity index (χ4n) is 1.33. The summed E-state index contributed by atoms with van der Waals surface area (Å²) in [6.45, 7) is 1.52. The van der Waals surface area contributed by atoms with Gasteiger partial charge in [-0.1, -0.05) is 5.16 Å². The smallest absolute Gasteiger partial charge is 0.229 e. The molecule has 0 aliphatic carbocycles. The Kier molecular flexibility index (Phi) is 2.84. The van der Waals surface area contributed by atoms with Crippen molar-refractivity contribution in [3.05, 3.63) is 30.0 Å². The molecule has 0 saturated carbocycles. The maximum absolute atomic E-state index is 12.1. The molecule has 6 nitrogen and oxygen atoms in total. The minimum absolute atomic E-state index is 0.122. The van der Waals surface area contributed by atoms with Crippen LogP contribution >= 0.6 is 0 Å². The second-order valence-electron chi connectivity index (χ2n) is 3.33. The summed E-state index contributed by atoms with van der Waals surface area (Å²) in [7, 11) is -2.17. The van der Waals surface area contributed by atoms with E-state index >= 15 is 0 Å². The molecule has 0 bridgehead atoms. The van der Waals surface area contributed by atoms with Crippen LogP contribution in [-0.2, 0) is 9.84 Å². The Hall–Kier alpha value is -1.89. The molecule has 0 spiro atoms. The Balaban J connectivity index is 2.49. The quantitative estimate of drug-likeness (QED) is 0.819. The summed E-state index contributed by atoms with van der Waals surface area (Å²) < 4.78 is 33.6. The van der Waals surface area contributed by atoms with Crippen LogP contribution in [0.5, 0.6) is 5.75 Å². The Labute approximate surface area is 98.1 Å². The van der Waals surface area contributed by atoms with E-state index in [9.17, 15) is 8.42 Å². The molecule has 0 saturated heterocycles. The second kappa shape index (κ2) is 4.17. The molecule has 0 fully saturated rings. The molecule has 0 atom stereocenters. The third kappa shape index (κ3) is 2.01. The van der Waals surface area contributed by atoms with E-state index in [1.165, 1.54) is 26.2 Å². The number of hydrogen-bond donors (Lipinski definition) is 0. The molecule has 17 heavy (non-hydrogen) atoms. The Morgan fingerprint density at radius 1 is 1.18 bits per heavy atom. The predicted octanol–water partition coefficient (Wildman–Crippen LogP) is 1.22. The molecule has 0 radical (unpaired) electrons. The molecule has 0 unspecified atom stereocenters. The molecule has 0 N–H and O–H groups in total. The first-order valence-corrected chi connectivity index (χ1v) is 6.22. The van der Waals surface area contributed by atoms with Gasteiger partial charge in [0, 0.05) is 0 Å². The number of hydrogen-bond acceptors (Lipinski definition) is 6. The number of nitrogens with zero attached hydrogens (tertiary/aromatic N) is 2. The summed E-state index contributed by atoms with van der Waals surface area (Å²) in [5.41, 5.74) is 0.237. The number of ether oxygens (including phenoxy) is 1. The van der Waals surface area contributed by atoms with E-state index in [0.29, 0.717) is 5.75 Å². The summed E-state index contributed by atoms with van der Waals surface area (Å²) in [5, 5.41) is 6.69. The first-order chi connectivity index (χ1) is 8.05. The van der Waals surface area contributed by atoms with Gasteiger partial charge >= 0.3 is 0 Å². The highest BCUT2D eigenvalue weighted by molar-refractivity contribution is 7.91. The lowest BCUT2D eigenvalue weighted by molar-refractivity contribution is 0.296. The van der Waals surface area contributed by atoms with Gasteiger partial charge in [-0.15, -0.1) is 0 Å². The van der Waals surface area contributed by atoms with Crippen molar-refractivity contribution in [1.82, 2.24) is 10.3 Å². The SMILES string of the molecule is COc1ccc(S(=O)(=O)c2nonc2C)cc1. The molecular formula is C10H10N2O4S. The lowest BCUT2D eigenvalue weighted by Gasteiger charge is -2.02. The van der Waals surface area contributed by atoms with Gasteiger partial charge in [-0.2, -0.15) is 0 Å². The maximum Gasteiger partial charge on any atom is 0.229 e. The molecule has 7 heteroatoms. The molecule has 0 amide bonds. The fourth-order valence-corrected chi connectivity index (χ4v) is 2.61. The molecule has 1 aromatic carbocycles. The van der Waals surface area contributed by atoms with Crippen LogP contribution in [0, 0.1) is 6.92 Å². The van der Waals surface area contributed by atoms with Gasteiger partial charge in [-0.05, 0) is 36.3 Å². The van der Waals surface area contributed by atoms with Crippen molar-refractivity contribution in [1.29, 1.82) is 0 Å². The summed E-state index contributed by atoms with van der Waals surface area (Å²) >= 11 is 0. The highest BCUT2D eigenvalue weighted by Crippen LogP contribution is 2.22. The van der Waals surface area contributed by atoms with Gasteiger partial charge in [0.25, 0.3) is 0 Å². The van der Waals surface area contributed by atoms with Crippen molar-refractivity contribution < 1.29 is 17.8 Å². The van der Waals surface area contributed by atoms with Crippen molar-refractivity contribution in [2.75, 3.05) is 7.11 Å². The zero-order valence-corrected chi connectivity index (χ0v) is 10.1. The van der Waals surface area contributed by atoms with Crippen LogP contribution in [0.1, 0.15) is 5.69 Å². The average molecular weight is 254 g/mol. The zero-order valence-electron chi connectivity index (χ0n) is 9.25. The van der Waals surface area contributed by atoms with E-state index in [1.54, 1.807) is 12.1 Å². The normalized spacial score (nSPS) is 11.4. The maximum atomic E-state index is 12.1. The summed E-state index contributed by atoms with van der Waals surface area (Å²) in [6.07, 6.45) is 0. The van der Waals surface area contributed by atoms with Crippen LogP contribution in [0.4, 0.5) is 0 Å². The second-order valence-corrected chi connectivity index (χ2v) is 5.20. The van der Waals surface area contributed by atoms with Crippen LogP contribution in [0.3, 0.4) is 0 Å². The third-order valence-corrected chi connectivity index (χ3v) is 4.01. The molecule has 1 heterocycles. The van der Waals surface area contributed by atoms with Gasteiger partial charge in [-0.25, -0.2) is 13.0 Å². The van der Waals surface area contributed by atoms with Gasteiger partial charge < -0.3 is 4.74 Å². The van der Waals surface area contributed by atoms with E-state index in [0.717, 1.165) is 0 Å². The van der Waals surface area contributed by atoms with Crippen molar-refractivity contribution in [2.45, 2.75) is 16.8 Å². The predicted molar refractivity (Wildman–Crippen MR) is 57.5 cm³/mol. The fraction of sp³-hybridized carbons (Fsp3) is 0.200. The summed E-state index contributed by atoms with van der Waals surface area (Å²) in [5.74, 6) is 0.582. The minimum atomic E-state index is -3.67. The number of methoxy groups -OCH3 is 1. The molecule has 2 rings (SSSR count). The molecule has 0 aliphatic heterocycles. The first kappa shape index (κ1) is 11.6. The largest absolute Gasteiger partial charge is 0.497 e. The average Bonchev–Trinajstić information content (AvgIpc) is 2.76. The van der Waals surface area contributed by atoms with Gasteiger partial charge in [0.05, 0.1) is 12.0 Å². The monoisotopic (exact) mass is 254 g/mol. The van der Waals surface area contributed by atoms with Gasteiger partial charge in [0.2, 0.25) is 14.9 Å². The van der Waals surface area contributed by atoms with Crippen LogP contribution in [0.2, 0.25) is 0 Å². The Bertz CT molecular complexity index is 616.